The topological polar surface area (TPSA) is 58.4 Å². The molecule has 0 radical (unpaired) electrons. The van der Waals surface area contributed by atoms with E-state index in [9.17, 15) is 9.90 Å². The van der Waals surface area contributed by atoms with Crippen LogP contribution in [0.1, 0.15) is 31.9 Å². The van der Waals surface area contributed by atoms with Crippen molar-refractivity contribution in [3.8, 4) is 0 Å². The molecule has 0 bridgehead atoms. The van der Waals surface area contributed by atoms with E-state index in [1.54, 1.807) is 6.33 Å². The first-order chi connectivity index (χ1) is 8.57. The summed E-state index contributed by atoms with van der Waals surface area (Å²) < 4.78 is 1.99. The van der Waals surface area contributed by atoms with Crippen molar-refractivity contribution in [1.82, 2.24) is 14.5 Å². The maximum absolute atomic E-state index is 11.5. The van der Waals surface area contributed by atoms with Crippen molar-refractivity contribution in [2.75, 3.05) is 13.1 Å². The van der Waals surface area contributed by atoms with Crippen molar-refractivity contribution >= 4 is 5.97 Å². The Bertz CT molecular complexity index is 430. The van der Waals surface area contributed by atoms with Gasteiger partial charge in [-0.05, 0) is 25.8 Å². The van der Waals surface area contributed by atoms with Crippen LogP contribution in [-0.2, 0) is 18.4 Å². The molecule has 1 aromatic rings. The second-order valence-corrected chi connectivity index (χ2v) is 5.25. The van der Waals surface area contributed by atoms with Gasteiger partial charge in [0.1, 0.15) is 0 Å². The van der Waals surface area contributed by atoms with Crippen LogP contribution in [0.3, 0.4) is 0 Å². The van der Waals surface area contributed by atoms with Crippen molar-refractivity contribution in [3.63, 3.8) is 0 Å². The van der Waals surface area contributed by atoms with E-state index in [0.29, 0.717) is 13.0 Å². The summed E-state index contributed by atoms with van der Waals surface area (Å²) in [6.45, 7) is 4.37. The highest BCUT2D eigenvalue weighted by molar-refractivity contribution is 5.75. The Balaban J connectivity index is 2.07. The van der Waals surface area contributed by atoms with E-state index < -0.39 is 11.4 Å². The maximum atomic E-state index is 11.5. The third-order valence-corrected chi connectivity index (χ3v) is 4.09. The maximum Gasteiger partial charge on any atom is 0.310 e. The number of likely N-dealkylation sites (tertiary alicyclic amines) is 1. The Morgan fingerprint density at radius 3 is 2.94 bits per heavy atom. The molecule has 0 saturated carbocycles. The Hall–Kier alpha value is -1.36. The van der Waals surface area contributed by atoms with Crippen molar-refractivity contribution < 1.29 is 9.90 Å². The van der Waals surface area contributed by atoms with E-state index in [1.165, 1.54) is 0 Å². The first-order valence-electron chi connectivity index (χ1n) is 6.48. The fourth-order valence-corrected chi connectivity index (χ4v) is 2.74. The molecule has 1 saturated heterocycles. The minimum atomic E-state index is -0.653. The summed E-state index contributed by atoms with van der Waals surface area (Å²) in [7, 11) is 1.97. The molecule has 18 heavy (non-hydrogen) atoms. The molecule has 5 heteroatoms. The molecule has 1 aliphatic rings. The molecule has 5 nitrogen and oxygen atoms in total. The lowest BCUT2D eigenvalue weighted by Gasteiger charge is -2.39. The van der Waals surface area contributed by atoms with Crippen molar-refractivity contribution in [2.24, 2.45) is 12.5 Å². The minimum absolute atomic E-state index is 0.559. The van der Waals surface area contributed by atoms with Gasteiger partial charge in [-0.25, -0.2) is 4.98 Å². The van der Waals surface area contributed by atoms with Crippen LogP contribution in [0.2, 0.25) is 0 Å². The second kappa shape index (κ2) is 5.10. The molecule has 1 aliphatic heterocycles. The molecule has 0 aliphatic carbocycles. The summed E-state index contributed by atoms with van der Waals surface area (Å²) in [5, 5.41) is 9.44. The third kappa shape index (κ3) is 2.41. The van der Waals surface area contributed by atoms with Crippen LogP contribution in [-0.4, -0.2) is 38.6 Å². The largest absolute Gasteiger partial charge is 0.481 e. The quantitative estimate of drug-likeness (QED) is 0.881. The van der Waals surface area contributed by atoms with Gasteiger partial charge in [0.2, 0.25) is 0 Å². The molecule has 2 rings (SSSR count). The first-order valence-corrected chi connectivity index (χ1v) is 6.48. The van der Waals surface area contributed by atoms with Gasteiger partial charge in [-0.1, -0.05) is 6.92 Å². The van der Waals surface area contributed by atoms with E-state index in [1.807, 2.05) is 24.7 Å². The summed E-state index contributed by atoms with van der Waals surface area (Å²) in [5.74, 6) is -0.653. The zero-order valence-electron chi connectivity index (χ0n) is 11.1. The molecule has 1 aromatic heterocycles. The Labute approximate surface area is 107 Å². The van der Waals surface area contributed by atoms with Gasteiger partial charge in [-0.15, -0.1) is 0 Å². The highest BCUT2D eigenvalue weighted by atomic mass is 16.4. The summed E-state index contributed by atoms with van der Waals surface area (Å²) in [6.07, 6.45) is 6.08. The molecule has 100 valence electrons. The SMILES string of the molecule is CCC1(C(=O)O)CCCN(Cc2cncn2C)C1. The van der Waals surface area contributed by atoms with E-state index in [2.05, 4.69) is 9.88 Å². The molecular weight excluding hydrogens is 230 g/mol. The fourth-order valence-electron chi connectivity index (χ4n) is 2.74. The van der Waals surface area contributed by atoms with Gasteiger partial charge >= 0.3 is 5.97 Å². The van der Waals surface area contributed by atoms with Crippen LogP contribution in [0.4, 0.5) is 0 Å². The number of imidazole rings is 1. The van der Waals surface area contributed by atoms with Gasteiger partial charge in [0, 0.05) is 26.3 Å². The van der Waals surface area contributed by atoms with Gasteiger partial charge in [-0.2, -0.15) is 0 Å². The van der Waals surface area contributed by atoms with E-state index >= 15 is 0 Å². The number of carboxylic acids is 1. The van der Waals surface area contributed by atoms with E-state index in [0.717, 1.165) is 31.6 Å². The molecule has 1 atom stereocenters. The third-order valence-electron chi connectivity index (χ3n) is 4.09. The molecule has 1 N–H and O–H groups in total. The van der Waals surface area contributed by atoms with E-state index in [4.69, 9.17) is 0 Å². The summed E-state index contributed by atoms with van der Waals surface area (Å²) >= 11 is 0. The summed E-state index contributed by atoms with van der Waals surface area (Å²) in [6, 6.07) is 0. The van der Waals surface area contributed by atoms with Crippen LogP contribution in [0.5, 0.6) is 0 Å². The first kappa shape index (κ1) is 13.1. The van der Waals surface area contributed by atoms with Crippen molar-refractivity contribution in [2.45, 2.75) is 32.7 Å². The summed E-state index contributed by atoms with van der Waals surface area (Å²) in [5.41, 5.74) is 0.573. The average Bonchev–Trinajstić information content (AvgIpc) is 2.75. The van der Waals surface area contributed by atoms with Gasteiger partial charge in [-0.3, -0.25) is 9.69 Å². The van der Waals surface area contributed by atoms with Crippen molar-refractivity contribution in [1.29, 1.82) is 0 Å². The van der Waals surface area contributed by atoms with Gasteiger partial charge in [0.25, 0.3) is 0 Å². The number of hydrogen-bond donors (Lipinski definition) is 1. The predicted octanol–water partition coefficient (Wildman–Crippen LogP) is 1.50. The molecule has 2 heterocycles. The number of aryl methyl sites for hydroxylation is 1. The standard InChI is InChI=1S/C13H21N3O2/c1-3-13(12(17)18)5-4-6-16(9-13)8-11-7-14-10-15(11)2/h7,10H,3-6,8-9H2,1-2H3,(H,17,18). The van der Waals surface area contributed by atoms with Crippen LogP contribution < -0.4 is 0 Å². The van der Waals surface area contributed by atoms with Crippen LogP contribution in [0.15, 0.2) is 12.5 Å². The molecule has 1 fully saturated rings. The lowest BCUT2D eigenvalue weighted by atomic mass is 9.77. The highest BCUT2D eigenvalue weighted by Gasteiger charge is 2.40. The predicted molar refractivity (Wildman–Crippen MR) is 68.1 cm³/mol. The van der Waals surface area contributed by atoms with E-state index in [-0.39, 0.29) is 0 Å². The lowest BCUT2D eigenvalue weighted by molar-refractivity contribution is -0.153. The number of hydrogen-bond acceptors (Lipinski definition) is 3. The highest BCUT2D eigenvalue weighted by Crippen LogP contribution is 2.34. The monoisotopic (exact) mass is 251 g/mol. The minimum Gasteiger partial charge on any atom is -0.481 e. The number of carbonyl (C=O) groups is 1. The molecule has 1 unspecified atom stereocenters. The lowest BCUT2D eigenvalue weighted by Crippen LogP contribution is -2.47. The number of nitrogens with zero attached hydrogens (tertiary/aromatic N) is 3. The number of rotatable bonds is 4. The van der Waals surface area contributed by atoms with Gasteiger partial charge in [0.05, 0.1) is 17.4 Å². The Morgan fingerprint density at radius 2 is 2.39 bits per heavy atom. The van der Waals surface area contributed by atoms with Gasteiger partial charge in [0.15, 0.2) is 0 Å². The fraction of sp³-hybridized carbons (Fsp3) is 0.692. The normalized spacial score (nSPS) is 25.2. The second-order valence-electron chi connectivity index (χ2n) is 5.25. The van der Waals surface area contributed by atoms with Gasteiger partial charge < -0.3 is 9.67 Å². The zero-order valence-corrected chi connectivity index (χ0v) is 11.1. The van der Waals surface area contributed by atoms with Crippen LogP contribution >= 0.6 is 0 Å². The molecule has 0 spiro atoms. The Morgan fingerprint density at radius 1 is 1.61 bits per heavy atom. The average molecular weight is 251 g/mol. The Kier molecular flexibility index (Phi) is 3.71. The summed E-state index contributed by atoms with van der Waals surface area (Å²) in [4.78, 5) is 17.8. The molecule has 0 amide bonds. The molecule has 0 aromatic carbocycles. The number of carboxylic acid groups (broad SMARTS) is 1. The smallest absolute Gasteiger partial charge is 0.310 e. The van der Waals surface area contributed by atoms with Crippen LogP contribution in [0, 0.1) is 5.41 Å². The van der Waals surface area contributed by atoms with Crippen LogP contribution in [0.25, 0.3) is 0 Å². The number of piperidine rings is 1. The zero-order chi connectivity index (χ0) is 13.2. The number of aromatic nitrogens is 2. The molecular formula is C13H21N3O2. The number of aliphatic carboxylic acids is 1. The van der Waals surface area contributed by atoms with Crippen molar-refractivity contribution in [3.05, 3.63) is 18.2 Å².